The zero-order chi connectivity index (χ0) is 20.3. The smallest absolute Gasteiger partial charge is 0.253 e. The van der Waals surface area contributed by atoms with Crippen LogP contribution in [0.3, 0.4) is 0 Å². The van der Waals surface area contributed by atoms with Crippen molar-refractivity contribution in [1.82, 2.24) is 4.90 Å². The summed E-state index contributed by atoms with van der Waals surface area (Å²) in [6.45, 7) is 9.31. The summed E-state index contributed by atoms with van der Waals surface area (Å²) in [5.74, 6) is -0.135. The molecule has 1 saturated heterocycles. The molecule has 2 aromatic carbocycles. The predicted octanol–water partition coefficient (Wildman–Crippen LogP) is 4.67. The first kappa shape index (κ1) is 20.1. The summed E-state index contributed by atoms with van der Waals surface area (Å²) in [5, 5.41) is 3.14. The standard InChI is InChI=1S/C24H30N2O2/c1-5-19-9-6-8-18(4)22(19)25-23(27)20-10-7-11-26(15-20)24(28)21-13-16(2)12-17(3)14-21/h6,8-9,12-14,20H,5,7,10-11,15H2,1-4H3,(H,25,27). The Morgan fingerprint density at radius 2 is 1.82 bits per heavy atom. The van der Waals surface area contributed by atoms with E-state index >= 15 is 0 Å². The molecule has 148 valence electrons. The molecule has 0 aromatic heterocycles. The summed E-state index contributed by atoms with van der Waals surface area (Å²) in [6.07, 6.45) is 2.54. The molecule has 0 saturated carbocycles. The van der Waals surface area contributed by atoms with E-state index in [1.807, 2.05) is 49.9 Å². The van der Waals surface area contributed by atoms with E-state index in [1.54, 1.807) is 0 Å². The molecular weight excluding hydrogens is 348 g/mol. The van der Waals surface area contributed by atoms with Crippen molar-refractivity contribution < 1.29 is 9.59 Å². The number of carbonyl (C=O) groups excluding carboxylic acids is 2. The summed E-state index contributed by atoms with van der Waals surface area (Å²) in [7, 11) is 0. The van der Waals surface area contributed by atoms with Crippen LogP contribution in [0.25, 0.3) is 0 Å². The van der Waals surface area contributed by atoms with E-state index in [0.717, 1.165) is 47.2 Å². The summed E-state index contributed by atoms with van der Waals surface area (Å²) in [4.78, 5) is 27.8. The monoisotopic (exact) mass is 378 g/mol. The quantitative estimate of drug-likeness (QED) is 0.841. The number of amides is 2. The van der Waals surface area contributed by atoms with Gasteiger partial charge in [-0.1, -0.05) is 42.3 Å². The van der Waals surface area contributed by atoms with Gasteiger partial charge in [0.1, 0.15) is 0 Å². The highest BCUT2D eigenvalue weighted by atomic mass is 16.2. The Morgan fingerprint density at radius 1 is 1.11 bits per heavy atom. The van der Waals surface area contributed by atoms with Crippen molar-refractivity contribution in [3.8, 4) is 0 Å². The number of rotatable bonds is 4. The molecule has 1 atom stereocenters. The Bertz CT molecular complexity index is 868. The molecule has 1 aliphatic heterocycles. The van der Waals surface area contributed by atoms with Gasteiger partial charge in [-0.3, -0.25) is 9.59 Å². The number of para-hydroxylation sites is 1. The minimum Gasteiger partial charge on any atom is -0.338 e. The average molecular weight is 379 g/mol. The van der Waals surface area contributed by atoms with E-state index in [2.05, 4.69) is 24.4 Å². The zero-order valence-electron chi connectivity index (χ0n) is 17.3. The number of anilines is 1. The van der Waals surface area contributed by atoms with Crippen LogP contribution >= 0.6 is 0 Å². The number of likely N-dealkylation sites (tertiary alicyclic amines) is 1. The lowest BCUT2D eigenvalue weighted by atomic mass is 9.95. The lowest BCUT2D eigenvalue weighted by molar-refractivity contribution is -0.121. The Balaban J connectivity index is 1.72. The van der Waals surface area contributed by atoms with E-state index in [0.29, 0.717) is 18.7 Å². The minimum atomic E-state index is -0.173. The average Bonchev–Trinajstić information content (AvgIpc) is 2.68. The topological polar surface area (TPSA) is 49.4 Å². The largest absolute Gasteiger partial charge is 0.338 e. The third-order valence-electron chi connectivity index (χ3n) is 5.54. The maximum Gasteiger partial charge on any atom is 0.253 e. The Hall–Kier alpha value is -2.62. The van der Waals surface area contributed by atoms with Crippen LogP contribution in [-0.4, -0.2) is 29.8 Å². The molecule has 1 N–H and O–H groups in total. The van der Waals surface area contributed by atoms with Crippen LogP contribution in [0, 0.1) is 26.7 Å². The van der Waals surface area contributed by atoms with Gasteiger partial charge in [0, 0.05) is 24.3 Å². The van der Waals surface area contributed by atoms with E-state index in [1.165, 1.54) is 0 Å². The lowest BCUT2D eigenvalue weighted by Gasteiger charge is -2.32. The van der Waals surface area contributed by atoms with Crippen LogP contribution in [0.5, 0.6) is 0 Å². The molecule has 4 heteroatoms. The molecule has 1 aliphatic rings. The van der Waals surface area contributed by atoms with Crippen molar-refractivity contribution >= 4 is 17.5 Å². The second-order valence-electron chi connectivity index (χ2n) is 7.92. The highest BCUT2D eigenvalue weighted by Gasteiger charge is 2.29. The second-order valence-corrected chi connectivity index (χ2v) is 7.92. The highest BCUT2D eigenvalue weighted by Crippen LogP contribution is 2.25. The number of nitrogens with one attached hydrogen (secondary N) is 1. The van der Waals surface area contributed by atoms with Gasteiger partial charge in [0.25, 0.3) is 5.91 Å². The minimum absolute atomic E-state index is 0.0157. The number of nitrogens with zero attached hydrogens (tertiary/aromatic N) is 1. The first-order valence-corrected chi connectivity index (χ1v) is 10.2. The Labute approximate surface area is 167 Å². The molecule has 4 nitrogen and oxygen atoms in total. The first-order valence-electron chi connectivity index (χ1n) is 10.2. The number of benzene rings is 2. The van der Waals surface area contributed by atoms with E-state index in [9.17, 15) is 9.59 Å². The van der Waals surface area contributed by atoms with Crippen LogP contribution in [0.15, 0.2) is 36.4 Å². The third kappa shape index (κ3) is 4.44. The van der Waals surface area contributed by atoms with Gasteiger partial charge in [-0.15, -0.1) is 0 Å². The summed E-state index contributed by atoms with van der Waals surface area (Å²) in [6, 6.07) is 12.0. The molecule has 1 unspecified atom stereocenters. The molecule has 0 aliphatic carbocycles. The number of carbonyl (C=O) groups is 2. The maximum absolute atomic E-state index is 13.0. The van der Waals surface area contributed by atoms with Crippen molar-refractivity contribution in [2.75, 3.05) is 18.4 Å². The van der Waals surface area contributed by atoms with Gasteiger partial charge in [0.05, 0.1) is 5.92 Å². The molecule has 0 radical (unpaired) electrons. The van der Waals surface area contributed by atoms with Crippen molar-refractivity contribution in [3.05, 3.63) is 64.2 Å². The van der Waals surface area contributed by atoms with Crippen LogP contribution in [0.4, 0.5) is 5.69 Å². The lowest BCUT2D eigenvalue weighted by Crippen LogP contribution is -2.43. The predicted molar refractivity (Wildman–Crippen MR) is 114 cm³/mol. The molecule has 3 rings (SSSR count). The number of hydrogen-bond acceptors (Lipinski definition) is 2. The van der Waals surface area contributed by atoms with Crippen LogP contribution in [0.2, 0.25) is 0 Å². The Morgan fingerprint density at radius 3 is 2.50 bits per heavy atom. The summed E-state index contributed by atoms with van der Waals surface area (Å²) < 4.78 is 0. The van der Waals surface area contributed by atoms with Gasteiger partial charge < -0.3 is 10.2 Å². The zero-order valence-corrected chi connectivity index (χ0v) is 17.3. The maximum atomic E-state index is 13.0. The fourth-order valence-corrected chi connectivity index (χ4v) is 4.08. The second kappa shape index (κ2) is 8.59. The molecule has 28 heavy (non-hydrogen) atoms. The summed E-state index contributed by atoms with van der Waals surface area (Å²) in [5.41, 5.74) is 6.03. The molecule has 1 fully saturated rings. The number of hydrogen-bond donors (Lipinski definition) is 1. The Kier molecular flexibility index (Phi) is 6.18. The van der Waals surface area contributed by atoms with Crippen LogP contribution in [-0.2, 0) is 11.2 Å². The molecule has 0 bridgehead atoms. The van der Waals surface area contributed by atoms with Crippen molar-refractivity contribution in [3.63, 3.8) is 0 Å². The molecular formula is C24H30N2O2. The molecule has 1 heterocycles. The molecule has 0 spiro atoms. The first-order chi connectivity index (χ1) is 13.4. The fourth-order valence-electron chi connectivity index (χ4n) is 4.08. The molecule has 2 aromatic rings. The van der Waals surface area contributed by atoms with Crippen molar-refractivity contribution in [2.24, 2.45) is 5.92 Å². The fraction of sp³-hybridized carbons (Fsp3) is 0.417. The van der Waals surface area contributed by atoms with Gasteiger partial charge >= 0.3 is 0 Å². The van der Waals surface area contributed by atoms with Gasteiger partial charge in [-0.2, -0.15) is 0 Å². The van der Waals surface area contributed by atoms with E-state index in [-0.39, 0.29) is 17.7 Å². The molecule has 2 amide bonds. The number of aryl methyl sites for hydroxylation is 4. The summed E-state index contributed by atoms with van der Waals surface area (Å²) >= 11 is 0. The van der Waals surface area contributed by atoms with Crippen molar-refractivity contribution in [2.45, 2.75) is 47.0 Å². The van der Waals surface area contributed by atoms with Gasteiger partial charge in [0.2, 0.25) is 5.91 Å². The van der Waals surface area contributed by atoms with Crippen LogP contribution < -0.4 is 5.32 Å². The van der Waals surface area contributed by atoms with E-state index < -0.39 is 0 Å². The van der Waals surface area contributed by atoms with Crippen LogP contribution in [0.1, 0.15) is 52.4 Å². The van der Waals surface area contributed by atoms with Gasteiger partial charge in [-0.25, -0.2) is 0 Å². The number of piperidine rings is 1. The normalized spacial score (nSPS) is 16.7. The van der Waals surface area contributed by atoms with Crippen molar-refractivity contribution in [1.29, 1.82) is 0 Å². The SMILES string of the molecule is CCc1cccc(C)c1NC(=O)C1CCCN(C(=O)c2cc(C)cc(C)c2)C1. The van der Waals surface area contributed by atoms with E-state index in [4.69, 9.17) is 0 Å². The third-order valence-corrected chi connectivity index (χ3v) is 5.54. The highest BCUT2D eigenvalue weighted by molar-refractivity contribution is 5.97. The van der Waals surface area contributed by atoms with Gasteiger partial charge in [0.15, 0.2) is 0 Å². The van der Waals surface area contributed by atoms with Gasteiger partial charge in [-0.05, 0) is 63.3 Å².